The number of barbiturate groups is 1. The smallest absolute Gasteiger partial charge is 0.335 e. The Morgan fingerprint density at radius 1 is 0.949 bits per heavy atom. The fourth-order valence-corrected chi connectivity index (χ4v) is 4.48. The first-order chi connectivity index (χ1) is 18.8. The van der Waals surface area contributed by atoms with Crippen LogP contribution in [0, 0.1) is 6.92 Å². The van der Waals surface area contributed by atoms with Crippen molar-refractivity contribution in [1.29, 1.82) is 0 Å². The maximum atomic E-state index is 13.2. The first-order valence-corrected chi connectivity index (χ1v) is 13.4. The van der Waals surface area contributed by atoms with E-state index in [1.807, 2.05) is 38.1 Å². The molecule has 0 aromatic heterocycles. The molecule has 3 aromatic rings. The molecule has 1 fully saturated rings. The van der Waals surface area contributed by atoms with Crippen LogP contribution in [-0.2, 0) is 9.59 Å². The molecule has 0 aliphatic carbocycles. The first kappa shape index (κ1) is 28.2. The van der Waals surface area contributed by atoms with Crippen LogP contribution < -0.4 is 24.4 Å². The summed E-state index contributed by atoms with van der Waals surface area (Å²) in [7, 11) is 0. The first-order valence-electron chi connectivity index (χ1n) is 12.2. The molecule has 1 saturated heterocycles. The second kappa shape index (κ2) is 12.8. The van der Waals surface area contributed by atoms with Gasteiger partial charge in [-0.15, -0.1) is 0 Å². The molecule has 0 atom stereocenters. The zero-order valence-electron chi connectivity index (χ0n) is 21.3. The van der Waals surface area contributed by atoms with Gasteiger partial charge in [-0.1, -0.05) is 29.3 Å². The van der Waals surface area contributed by atoms with Gasteiger partial charge in [-0.3, -0.25) is 14.9 Å². The topological polar surface area (TPSA) is 94.2 Å². The van der Waals surface area contributed by atoms with E-state index in [-0.39, 0.29) is 11.3 Å². The van der Waals surface area contributed by atoms with E-state index < -0.39 is 17.8 Å². The molecule has 10 heteroatoms. The van der Waals surface area contributed by atoms with Gasteiger partial charge in [0.25, 0.3) is 11.8 Å². The van der Waals surface area contributed by atoms with Crippen LogP contribution in [0.1, 0.15) is 24.5 Å². The van der Waals surface area contributed by atoms with E-state index in [2.05, 4.69) is 21.2 Å². The molecule has 39 heavy (non-hydrogen) atoms. The summed E-state index contributed by atoms with van der Waals surface area (Å²) in [6, 6.07) is 16.5. The van der Waals surface area contributed by atoms with E-state index >= 15 is 0 Å². The Morgan fingerprint density at radius 3 is 2.33 bits per heavy atom. The number of ether oxygens (including phenoxy) is 3. The lowest BCUT2D eigenvalue weighted by atomic mass is 10.1. The number of halogens is 2. The predicted molar refractivity (Wildman–Crippen MR) is 153 cm³/mol. The fourth-order valence-electron chi connectivity index (χ4n) is 3.78. The van der Waals surface area contributed by atoms with E-state index in [1.54, 1.807) is 24.3 Å². The van der Waals surface area contributed by atoms with Crippen molar-refractivity contribution >= 4 is 57.1 Å². The molecule has 4 rings (SSSR count). The third kappa shape index (κ3) is 6.99. The maximum absolute atomic E-state index is 13.2. The zero-order chi connectivity index (χ0) is 27.9. The highest BCUT2D eigenvalue weighted by Gasteiger charge is 2.36. The molecule has 1 aliphatic heterocycles. The highest BCUT2D eigenvalue weighted by Crippen LogP contribution is 2.38. The van der Waals surface area contributed by atoms with Crippen molar-refractivity contribution in [3.63, 3.8) is 0 Å². The highest BCUT2D eigenvalue weighted by molar-refractivity contribution is 9.10. The SMILES string of the molecule is CCOc1cc(C=C2C(=O)NC(=O)N(c3ccc(Cl)cc3)C2=O)cc(Br)c1OCCCOc1ccc(C)cc1. The largest absolute Gasteiger partial charge is 0.493 e. The molecule has 202 valence electrons. The average Bonchev–Trinajstić information content (AvgIpc) is 2.90. The van der Waals surface area contributed by atoms with Gasteiger partial charge >= 0.3 is 6.03 Å². The summed E-state index contributed by atoms with van der Waals surface area (Å²) in [5, 5.41) is 2.66. The summed E-state index contributed by atoms with van der Waals surface area (Å²) in [5.74, 6) is 0.179. The van der Waals surface area contributed by atoms with E-state index in [0.29, 0.717) is 52.8 Å². The van der Waals surface area contributed by atoms with Crippen molar-refractivity contribution in [1.82, 2.24) is 5.32 Å². The van der Waals surface area contributed by atoms with Crippen LogP contribution in [-0.4, -0.2) is 37.7 Å². The number of aryl methyl sites for hydroxylation is 1. The number of anilines is 1. The van der Waals surface area contributed by atoms with E-state index in [9.17, 15) is 14.4 Å². The summed E-state index contributed by atoms with van der Waals surface area (Å²) in [6.07, 6.45) is 2.04. The number of carbonyl (C=O) groups is 3. The molecule has 0 spiro atoms. The second-order valence-corrected chi connectivity index (χ2v) is 9.85. The molecular weight excluding hydrogens is 588 g/mol. The van der Waals surface area contributed by atoms with Gasteiger partial charge in [0.05, 0.1) is 30.0 Å². The fraction of sp³-hybridized carbons (Fsp3) is 0.207. The molecule has 0 bridgehead atoms. The zero-order valence-corrected chi connectivity index (χ0v) is 23.7. The van der Waals surface area contributed by atoms with Crippen LogP contribution in [0.25, 0.3) is 6.08 Å². The Morgan fingerprint density at radius 2 is 1.64 bits per heavy atom. The molecule has 3 aromatic carbocycles. The van der Waals surface area contributed by atoms with Gasteiger partial charge < -0.3 is 14.2 Å². The molecule has 1 aliphatic rings. The molecule has 0 radical (unpaired) electrons. The third-order valence-corrected chi connectivity index (χ3v) is 6.50. The normalized spacial score (nSPS) is 14.4. The Hall–Kier alpha value is -3.82. The molecule has 1 N–H and O–H groups in total. The van der Waals surface area contributed by atoms with E-state index in [4.69, 9.17) is 25.8 Å². The van der Waals surface area contributed by atoms with E-state index in [1.165, 1.54) is 23.8 Å². The minimum Gasteiger partial charge on any atom is -0.493 e. The average molecular weight is 614 g/mol. The van der Waals surface area contributed by atoms with Crippen LogP contribution in [0.15, 0.2) is 70.7 Å². The number of amides is 4. The number of benzene rings is 3. The number of hydrogen-bond acceptors (Lipinski definition) is 6. The van der Waals surface area contributed by atoms with Gasteiger partial charge in [-0.25, -0.2) is 9.69 Å². The lowest BCUT2D eigenvalue weighted by Gasteiger charge is -2.26. The number of carbonyl (C=O) groups excluding carboxylic acids is 3. The Kier molecular flexibility index (Phi) is 9.27. The Balaban J connectivity index is 1.49. The minimum absolute atomic E-state index is 0.208. The second-order valence-electron chi connectivity index (χ2n) is 8.56. The number of nitrogens with one attached hydrogen (secondary N) is 1. The molecule has 8 nitrogen and oxygen atoms in total. The lowest BCUT2D eigenvalue weighted by Crippen LogP contribution is -2.54. The van der Waals surface area contributed by atoms with Crippen LogP contribution >= 0.6 is 27.5 Å². The number of nitrogens with zero attached hydrogens (tertiary/aromatic N) is 1. The van der Waals surface area contributed by atoms with Gasteiger partial charge in [0, 0.05) is 11.4 Å². The van der Waals surface area contributed by atoms with E-state index in [0.717, 1.165) is 10.6 Å². The maximum Gasteiger partial charge on any atom is 0.335 e. The number of rotatable bonds is 10. The molecular formula is C29H26BrClN2O6. The number of urea groups is 1. The third-order valence-electron chi connectivity index (χ3n) is 5.65. The van der Waals surface area contributed by atoms with Crippen molar-refractivity contribution in [3.8, 4) is 17.2 Å². The van der Waals surface area contributed by atoms with Crippen LogP contribution in [0.2, 0.25) is 5.02 Å². The van der Waals surface area contributed by atoms with Crippen molar-refractivity contribution in [2.75, 3.05) is 24.7 Å². The van der Waals surface area contributed by atoms with Crippen molar-refractivity contribution in [2.24, 2.45) is 0 Å². The van der Waals surface area contributed by atoms with Crippen LogP contribution in [0.3, 0.4) is 0 Å². The summed E-state index contributed by atoms with van der Waals surface area (Å²) in [6.45, 7) is 5.09. The number of hydrogen-bond donors (Lipinski definition) is 1. The van der Waals surface area contributed by atoms with Gasteiger partial charge in [0.1, 0.15) is 11.3 Å². The number of imide groups is 2. The van der Waals surface area contributed by atoms with Gasteiger partial charge in [0.2, 0.25) is 0 Å². The Labute approximate surface area is 239 Å². The van der Waals surface area contributed by atoms with Crippen LogP contribution in [0.4, 0.5) is 10.5 Å². The van der Waals surface area contributed by atoms with Crippen LogP contribution in [0.5, 0.6) is 17.2 Å². The van der Waals surface area contributed by atoms with Crippen molar-refractivity contribution in [2.45, 2.75) is 20.3 Å². The van der Waals surface area contributed by atoms with Crippen molar-refractivity contribution < 1.29 is 28.6 Å². The summed E-state index contributed by atoms with van der Waals surface area (Å²) < 4.78 is 18.1. The molecule has 4 amide bonds. The Bertz CT molecular complexity index is 1410. The summed E-state index contributed by atoms with van der Waals surface area (Å²) in [5.41, 5.74) is 1.75. The minimum atomic E-state index is -0.837. The van der Waals surface area contributed by atoms with Crippen molar-refractivity contribution in [3.05, 3.63) is 86.9 Å². The van der Waals surface area contributed by atoms with Gasteiger partial charge in [-0.2, -0.15) is 0 Å². The monoisotopic (exact) mass is 612 g/mol. The standard InChI is InChI=1S/C29H26BrClN2O6/c1-3-37-25-17-19(16-24(30)26(25)39-14-4-13-38-22-11-5-18(2)6-12-22)15-23-27(34)32-29(36)33(28(23)35)21-9-7-20(31)8-10-21/h5-12,15-17H,3-4,13-14H2,1-2H3,(H,32,34,36). The molecule has 1 heterocycles. The molecule has 0 unspecified atom stereocenters. The quantitative estimate of drug-likeness (QED) is 0.163. The lowest BCUT2D eigenvalue weighted by molar-refractivity contribution is -0.122. The summed E-state index contributed by atoms with van der Waals surface area (Å²) >= 11 is 9.44. The predicted octanol–water partition coefficient (Wildman–Crippen LogP) is 6.32. The molecule has 0 saturated carbocycles. The van der Waals surface area contributed by atoms with Gasteiger partial charge in [0.15, 0.2) is 11.5 Å². The summed E-state index contributed by atoms with van der Waals surface area (Å²) in [4.78, 5) is 39.1. The highest BCUT2D eigenvalue weighted by atomic mass is 79.9. The van der Waals surface area contributed by atoms with Gasteiger partial charge in [-0.05, 0) is 89.9 Å².